The highest BCUT2D eigenvalue weighted by molar-refractivity contribution is 6.29. The van der Waals surface area contributed by atoms with E-state index in [0.717, 1.165) is 6.20 Å². The van der Waals surface area contributed by atoms with Crippen LogP contribution in [0.2, 0.25) is 5.15 Å². The Kier molecular flexibility index (Phi) is 4.92. The van der Waals surface area contributed by atoms with Gasteiger partial charge >= 0.3 is 5.97 Å². The van der Waals surface area contributed by atoms with Crippen LogP contribution in [-0.4, -0.2) is 17.6 Å². The number of aromatic nitrogens is 1. The van der Waals surface area contributed by atoms with Crippen LogP contribution in [0.1, 0.15) is 18.9 Å². The lowest BCUT2D eigenvalue weighted by molar-refractivity contribution is -0.142. The molecule has 0 aliphatic carbocycles. The van der Waals surface area contributed by atoms with Crippen LogP contribution in [0.4, 0.5) is 4.39 Å². The van der Waals surface area contributed by atoms with Crippen LogP contribution in [0.3, 0.4) is 0 Å². The molecule has 0 saturated carbocycles. The standard InChI is InChI=1S/C11H11ClFNO2/c1-2-16-11(15)5-3-4-8-6-10(12)14-7-9(8)13/h3-4,6-7H,2,5H2,1H3. The van der Waals surface area contributed by atoms with E-state index < -0.39 is 5.82 Å². The number of nitrogens with zero attached hydrogens (tertiary/aromatic N) is 1. The number of rotatable bonds is 4. The van der Waals surface area contributed by atoms with Crippen LogP contribution in [0.5, 0.6) is 0 Å². The third-order valence-electron chi connectivity index (χ3n) is 1.74. The fourth-order valence-corrected chi connectivity index (χ4v) is 1.22. The number of carbonyl (C=O) groups excluding carboxylic acids is 1. The lowest BCUT2D eigenvalue weighted by Gasteiger charge is -1.98. The average Bonchev–Trinajstić information content (AvgIpc) is 2.23. The molecule has 0 unspecified atom stereocenters. The Hall–Kier alpha value is -1.42. The number of esters is 1. The van der Waals surface area contributed by atoms with Crippen LogP contribution >= 0.6 is 11.6 Å². The number of carbonyl (C=O) groups is 1. The highest BCUT2D eigenvalue weighted by Gasteiger charge is 2.01. The Balaban J connectivity index is 2.62. The first-order valence-electron chi connectivity index (χ1n) is 4.76. The van der Waals surface area contributed by atoms with Crippen molar-refractivity contribution in [3.63, 3.8) is 0 Å². The molecule has 0 saturated heterocycles. The maximum absolute atomic E-state index is 13.2. The van der Waals surface area contributed by atoms with Crippen LogP contribution in [0.25, 0.3) is 6.08 Å². The Labute approximate surface area is 97.9 Å². The second-order valence-corrected chi connectivity index (χ2v) is 3.33. The largest absolute Gasteiger partial charge is 0.466 e. The Morgan fingerprint density at radius 2 is 2.44 bits per heavy atom. The first-order valence-corrected chi connectivity index (χ1v) is 5.14. The van der Waals surface area contributed by atoms with Crippen molar-refractivity contribution in [1.82, 2.24) is 4.98 Å². The van der Waals surface area contributed by atoms with Gasteiger partial charge in [-0.15, -0.1) is 0 Å². The quantitative estimate of drug-likeness (QED) is 0.603. The zero-order valence-electron chi connectivity index (χ0n) is 8.74. The summed E-state index contributed by atoms with van der Waals surface area (Å²) in [5.41, 5.74) is 0.296. The molecule has 0 N–H and O–H groups in total. The van der Waals surface area contributed by atoms with Crippen molar-refractivity contribution in [2.45, 2.75) is 13.3 Å². The molecule has 0 aliphatic rings. The van der Waals surface area contributed by atoms with Gasteiger partial charge in [0.05, 0.1) is 19.2 Å². The van der Waals surface area contributed by atoms with E-state index in [4.69, 9.17) is 16.3 Å². The molecule has 0 aromatic carbocycles. The molecule has 1 heterocycles. The third-order valence-corrected chi connectivity index (χ3v) is 1.95. The van der Waals surface area contributed by atoms with Crippen molar-refractivity contribution < 1.29 is 13.9 Å². The number of hydrogen-bond acceptors (Lipinski definition) is 3. The van der Waals surface area contributed by atoms with Crippen molar-refractivity contribution >= 4 is 23.6 Å². The van der Waals surface area contributed by atoms with Gasteiger partial charge in [-0.25, -0.2) is 9.37 Å². The summed E-state index contributed by atoms with van der Waals surface area (Å²) in [6.45, 7) is 2.06. The van der Waals surface area contributed by atoms with E-state index in [1.807, 2.05) is 0 Å². The Morgan fingerprint density at radius 3 is 3.12 bits per heavy atom. The van der Waals surface area contributed by atoms with Gasteiger partial charge in [0.2, 0.25) is 0 Å². The normalized spacial score (nSPS) is 10.7. The van der Waals surface area contributed by atoms with E-state index in [-0.39, 0.29) is 17.5 Å². The number of hydrogen-bond donors (Lipinski definition) is 0. The van der Waals surface area contributed by atoms with E-state index in [2.05, 4.69) is 4.98 Å². The van der Waals surface area contributed by atoms with Gasteiger partial charge in [-0.1, -0.05) is 23.8 Å². The van der Waals surface area contributed by atoms with Crippen molar-refractivity contribution in [1.29, 1.82) is 0 Å². The first kappa shape index (κ1) is 12.6. The Bertz CT molecular complexity index is 407. The summed E-state index contributed by atoms with van der Waals surface area (Å²) in [5.74, 6) is -0.830. The van der Waals surface area contributed by atoms with Gasteiger partial charge in [0, 0.05) is 5.56 Å². The van der Waals surface area contributed by atoms with Crippen LogP contribution in [-0.2, 0) is 9.53 Å². The summed E-state index contributed by atoms with van der Waals surface area (Å²) < 4.78 is 17.9. The van der Waals surface area contributed by atoms with E-state index in [1.165, 1.54) is 18.2 Å². The van der Waals surface area contributed by atoms with Crippen LogP contribution < -0.4 is 0 Å². The minimum absolute atomic E-state index is 0.104. The fourth-order valence-electron chi connectivity index (χ4n) is 1.06. The molecule has 1 rings (SSSR count). The SMILES string of the molecule is CCOC(=O)CC=Cc1cc(Cl)ncc1F. The maximum Gasteiger partial charge on any atom is 0.309 e. The number of halogens is 2. The molecular weight excluding hydrogens is 233 g/mol. The van der Waals surface area contributed by atoms with Crippen LogP contribution in [0, 0.1) is 5.82 Å². The predicted molar refractivity (Wildman–Crippen MR) is 59.5 cm³/mol. The molecule has 0 atom stereocenters. The lowest BCUT2D eigenvalue weighted by atomic mass is 10.2. The number of ether oxygens (including phenoxy) is 1. The second-order valence-electron chi connectivity index (χ2n) is 2.94. The second kappa shape index (κ2) is 6.23. The van der Waals surface area contributed by atoms with Crippen molar-refractivity contribution in [2.75, 3.05) is 6.61 Å². The molecule has 0 spiro atoms. The molecule has 16 heavy (non-hydrogen) atoms. The van der Waals surface area contributed by atoms with Gasteiger partial charge in [0.25, 0.3) is 0 Å². The Morgan fingerprint density at radius 1 is 1.69 bits per heavy atom. The molecule has 1 aromatic heterocycles. The number of pyridine rings is 1. The molecule has 0 aliphatic heterocycles. The zero-order chi connectivity index (χ0) is 12.0. The van der Waals surface area contributed by atoms with Gasteiger partial charge in [0.1, 0.15) is 11.0 Å². The zero-order valence-corrected chi connectivity index (χ0v) is 9.50. The van der Waals surface area contributed by atoms with Gasteiger partial charge in [-0.3, -0.25) is 4.79 Å². The van der Waals surface area contributed by atoms with E-state index in [0.29, 0.717) is 12.2 Å². The van der Waals surface area contributed by atoms with Crippen molar-refractivity contribution in [3.05, 3.63) is 34.9 Å². The summed E-state index contributed by atoms with van der Waals surface area (Å²) in [6.07, 6.45) is 4.13. The topological polar surface area (TPSA) is 39.2 Å². The molecule has 0 radical (unpaired) electrons. The van der Waals surface area contributed by atoms with E-state index >= 15 is 0 Å². The smallest absolute Gasteiger partial charge is 0.309 e. The molecule has 5 heteroatoms. The average molecular weight is 244 g/mol. The molecule has 0 fully saturated rings. The van der Waals surface area contributed by atoms with Crippen molar-refractivity contribution in [3.8, 4) is 0 Å². The van der Waals surface area contributed by atoms with Gasteiger partial charge in [-0.05, 0) is 13.0 Å². The maximum atomic E-state index is 13.2. The van der Waals surface area contributed by atoms with Gasteiger partial charge < -0.3 is 4.74 Å². The van der Waals surface area contributed by atoms with E-state index in [9.17, 15) is 9.18 Å². The molecule has 0 bridgehead atoms. The minimum atomic E-state index is -0.482. The summed E-state index contributed by atoms with van der Waals surface area (Å²) in [5, 5.41) is 0.206. The van der Waals surface area contributed by atoms with Gasteiger partial charge in [-0.2, -0.15) is 0 Å². The summed E-state index contributed by atoms with van der Waals surface area (Å²) in [6, 6.07) is 1.39. The molecule has 86 valence electrons. The molecular formula is C11H11ClFNO2. The summed E-state index contributed by atoms with van der Waals surface area (Å²) in [7, 11) is 0. The summed E-state index contributed by atoms with van der Waals surface area (Å²) in [4.78, 5) is 14.6. The van der Waals surface area contributed by atoms with E-state index in [1.54, 1.807) is 6.92 Å². The molecule has 0 amide bonds. The fraction of sp³-hybridized carbons (Fsp3) is 0.273. The highest BCUT2D eigenvalue weighted by Crippen LogP contribution is 2.13. The highest BCUT2D eigenvalue weighted by atomic mass is 35.5. The summed E-state index contributed by atoms with van der Waals surface area (Å²) >= 11 is 5.60. The first-order chi connectivity index (χ1) is 7.63. The lowest BCUT2D eigenvalue weighted by Crippen LogP contribution is -2.01. The van der Waals surface area contributed by atoms with Crippen molar-refractivity contribution in [2.24, 2.45) is 0 Å². The monoisotopic (exact) mass is 243 g/mol. The molecule has 3 nitrogen and oxygen atoms in total. The van der Waals surface area contributed by atoms with Gasteiger partial charge in [0.15, 0.2) is 0 Å². The minimum Gasteiger partial charge on any atom is -0.466 e. The van der Waals surface area contributed by atoms with Crippen LogP contribution in [0.15, 0.2) is 18.3 Å². The molecule has 1 aromatic rings. The predicted octanol–water partition coefficient (Wildman–Crippen LogP) is 2.84. The third kappa shape index (κ3) is 3.98.